The molecular weight excluding hydrogens is 198 g/mol. The molecule has 0 spiro atoms. The Bertz CT molecular complexity index is 125. The summed E-state index contributed by atoms with van der Waals surface area (Å²) in [6.07, 6.45) is 2.03. The largest absolute Gasteiger partial charge is 0.269 e. The van der Waals surface area contributed by atoms with Crippen molar-refractivity contribution in [3.8, 4) is 0 Å². The van der Waals surface area contributed by atoms with E-state index in [0.29, 0.717) is 0 Å². The van der Waals surface area contributed by atoms with Gasteiger partial charge in [0.2, 0.25) is 0 Å². The molecule has 9 heavy (non-hydrogen) atoms. The third-order valence-corrected chi connectivity index (χ3v) is 2.87. The van der Waals surface area contributed by atoms with Gasteiger partial charge in [-0.2, -0.15) is 0 Å². The van der Waals surface area contributed by atoms with E-state index in [1.54, 1.807) is 11.8 Å². The van der Waals surface area contributed by atoms with Crippen LogP contribution >= 0.6 is 27.7 Å². The summed E-state index contributed by atoms with van der Waals surface area (Å²) in [5, 5.41) is 0.874. The monoisotopic (exact) mass is 207 g/mol. The highest BCUT2D eigenvalue weighted by Crippen LogP contribution is 2.18. The first kappa shape index (κ1) is 9.24. The molecule has 0 aromatic carbocycles. The third-order valence-electron chi connectivity index (χ3n) is 1.01. The van der Waals surface area contributed by atoms with Crippen molar-refractivity contribution < 1.29 is 0 Å². The predicted octanol–water partition coefficient (Wildman–Crippen LogP) is 2.68. The third kappa shape index (κ3) is 3.06. The lowest BCUT2D eigenvalue weighted by atomic mass is 10.5. The van der Waals surface area contributed by atoms with Crippen LogP contribution in [-0.4, -0.2) is 18.3 Å². The summed E-state index contributed by atoms with van der Waals surface area (Å²) in [4.78, 5) is 5.05. The Morgan fingerprint density at radius 2 is 2.33 bits per heavy atom. The Hall–Kier alpha value is 0.240. The van der Waals surface area contributed by atoms with Gasteiger partial charge in [-0.1, -0.05) is 15.9 Å². The molecule has 1 nitrogen and oxygen atoms in total. The fourth-order valence-corrected chi connectivity index (χ4v) is 1.95. The summed E-state index contributed by atoms with van der Waals surface area (Å²) in [6, 6.07) is 0. The zero-order chi connectivity index (χ0) is 7.28. The minimum atomic E-state index is 0.874. The van der Waals surface area contributed by atoms with Crippen LogP contribution in [0, 0.1) is 0 Å². The van der Waals surface area contributed by atoms with Gasteiger partial charge in [0.15, 0.2) is 0 Å². The highest BCUT2D eigenvalue weighted by molar-refractivity contribution is 9.09. The average Bonchev–Trinajstić information content (AvgIpc) is 1.90. The van der Waals surface area contributed by atoms with Gasteiger partial charge in [-0.3, -0.25) is 4.99 Å². The maximum absolute atomic E-state index is 3.81. The maximum atomic E-state index is 3.81. The van der Waals surface area contributed by atoms with Gasteiger partial charge in [-0.05, 0) is 19.9 Å². The molecule has 0 fully saturated rings. The van der Waals surface area contributed by atoms with E-state index < -0.39 is 0 Å². The number of halogens is 1. The van der Waals surface area contributed by atoms with Crippen LogP contribution in [0.5, 0.6) is 0 Å². The van der Waals surface area contributed by atoms with Gasteiger partial charge < -0.3 is 0 Å². The second-order valence-corrected chi connectivity index (χ2v) is 2.97. The molecule has 0 saturated heterocycles. The van der Waals surface area contributed by atoms with Crippen LogP contribution in [-0.2, 0) is 0 Å². The molecule has 0 saturated carbocycles. The Morgan fingerprint density at radius 3 is 2.44 bits per heavy atom. The Balaban J connectivity index is 4.17. The molecule has 0 aliphatic rings. The van der Waals surface area contributed by atoms with Crippen LogP contribution < -0.4 is 0 Å². The maximum Gasteiger partial charge on any atom is 0.0468 e. The summed E-state index contributed by atoms with van der Waals surface area (Å²) in [5.41, 5.74) is 1.01. The first-order valence-electron chi connectivity index (χ1n) is 2.52. The van der Waals surface area contributed by atoms with E-state index in [9.17, 15) is 0 Å². The first-order chi connectivity index (χ1) is 4.26. The first-order valence-corrected chi connectivity index (χ1v) is 4.87. The number of alkyl halides is 1. The highest BCUT2D eigenvalue weighted by atomic mass is 79.9. The van der Waals surface area contributed by atoms with Crippen molar-refractivity contribution in [3.63, 3.8) is 0 Å². The summed E-state index contributed by atoms with van der Waals surface area (Å²) in [5.74, 6) is 0. The van der Waals surface area contributed by atoms with E-state index >= 15 is 0 Å². The van der Waals surface area contributed by atoms with Crippen molar-refractivity contribution >= 4 is 34.4 Å². The van der Waals surface area contributed by atoms with Crippen LogP contribution in [0.25, 0.3) is 0 Å². The topological polar surface area (TPSA) is 12.4 Å². The summed E-state index contributed by atoms with van der Waals surface area (Å²) >= 11 is 5.05. The van der Waals surface area contributed by atoms with Crippen LogP contribution in [0.1, 0.15) is 6.92 Å². The van der Waals surface area contributed by atoms with Gasteiger partial charge in [0, 0.05) is 15.9 Å². The summed E-state index contributed by atoms with van der Waals surface area (Å²) in [7, 11) is 0. The van der Waals surface area contributed by atoms with Crippen molar-refractivity contribution in [2.45, 2.75) is 6.92 Å². The lowest BCUT2D eigenvalue weighted by Gasteiger charge is -1.99. The van der Waals surface area contributed by atoms with E-state index in [2.05, 4.69) is 27.6 Å². The van der Waals surface area contributed by atoms with Crippen molar-refractivity contribution in [1.82, 2.24) is 0 Å². The molecule has 3 heteroatoms. The second kappa shape index (κ2) is 5.06. The molecule has 52 valence electrons. The Labute approximate surface area is 68.8 Å². The molecule has 0 aliphatic heterocycles. The normalized spacial score (nSPS) is 12.8. The second-order valence-electron chi connectivity index (χ2n) is 1.50. The molecule has 0 unspecified atom stereocenters. The highest BCUT2D eigenvalue weighted by Gasteiger charge is 1.94. The van der Waals surface area contributed by atoms with E-state index in [1.807, 2.05) is 13.2 Å². The molecule has 0 heterocycles. The van der Waals surface area contributed by atoms with Gasteiger partial charge >= 0.3 is 0 Å². The van der Waals surface area contributed by atoms with E-state index in [1.165, 1.54) is 4.91 Å². The van der Waals surface area contributed by atoms with E-state index in [-0.39, 0.29) is 0 Å². The molecule has 0 amide bonds. The van der Waals surface area contributed by atoms with Crippen molar-refractivity contribution in [2.24, 2.45) is 4.99 Å². The molecule has 0 rings (SSSR count). The number of aliphatic imine (C=N–C) groups is 1. The number of nitrogens with zero attached hydrogens (tertiary/aromatic N) is 1. The van der Waals surface area contributed by atoms with Crippen LogP contribution in [0.3, 0.4) is 0 Å². The van der Waals surface area contributed by atoms with Crippen molar-refractivity contribution in [2.75, 3.05) is 11.6 Å². The van der Waals surface area contributed by atoms with Crippen molar-refractivity contribution in [1.29, 1.82) is 0 Å². The van der Waals surface area contributed by atoms with E-state index in [4.69, 9.17) is 0 Å². The lowest BCUT2D eigenvalue weighted by Crippen LogP contribution is -1.80. The van der Waals surface area contributed by atoms with Gasteiger partial charge in [0.05, 0.1) is 0 Å². The molecule has 0 aliphatic carbocycles. The van der Waals surface area contributed by atoms with Gasteiger partial charge in [0.25, 0.3) is 0 Å². The lowest BCUT2D eigenvalue weighted by molar-refractivity contribution is 1.30. The standard InChI is InChI=1S/C6H10BrNS/c1-5(8-2)6(4-7)9-3/h2,4H2,1,3H3. The quantitative estimate of drug-likeness (QED) is 0.513. The molecule has 0 radical (unpaired) electrons. The van der Waals surface area contributed by atoms with Crippen LogP contribution in [0.4, 0.5) is 0 Å². The summed E-state index contributed by atoms with van der Waals surface area (Å²) < 4.78 is 0. The molecule has 0 bridgehead atoms. The molecule has 0 atom stereocenters. The zero-order valence-electron chi connectivity index (χ0n) is 5.65. The average molecular weight is 208 g/mol. The predicted molar refractivity (Wildman–Crippen MR) is 49.6 cm³/mol. The van der Waals surface area contributed by atoms with Gasteiger partial charge in [-0.25, -0.2) is 0 Å². The minimum absolute atomic E-state index is 0.874. The van der Waals surface area contributed by atoms with Crippen molar-refractivity contribution in [3.05, 3.63) is 10.6 Å². The summed E-state index contributed by atoms with van der Waals surface area (Å²) in [6.45, 7) is 5.39. The van der Waals surface area contributed by atoms with E-state index in [0.717, 1.165) is 11.0 Å². The molecule has 0 N–H and O–H groups in total. The SMILES string of the molecule is C=NC(C)=C(CBr)SC. The van der Waals surface area contributed by atoms with Crippen LogP contribution in [0.2, 0.25) is 0 Å². The van der Waals surface area contributed by atoms with Gasteiger partial charge in [-0.15, -0.1) is 11.8 Å². The molecular formula is C6H10BrNS. The Kier molecular flexibility index (Phi) is 5.19. The molecule has 0 aromatic heterocycles. The Morgan fingerprint density at radius 1 is 1.78 bits per heavy atom. The number of hydrogen-bond acceptors (Lipinski definition) is 2. The minimum Gasteiger partial charge on any atom is -0.269 e. The number of allylic oxidation sites excluding steroid dienone is 2. The molecule has 0 aromatic rings. The number of thioether (sulfide) groups is 1. The fourth-order valence-electron chi connectivity index (χ4n) is 0.387. The fraction of sp³-hybridized carbons (Fsp3) is 0.500. The van der Waals surface area contributed by atoms with Crippen LogP contribution in [0.15, 0.2) is 15.6 Å². The smallest absolute Gasteiger partial charge is 0.0468 e. The zero-order valence-corrected chi connectivity index (χ0v) is 8.05. The number of rotatable bonds is 3. The number of hydrogen-bond donors (Lipinski definition) is 0. The van der Waals surface area contributed by atoms with Gasteiger partial charge in [0.1, 0.15) is 0 Å².